The molecule has 0 fully saturated rings. The summed E-state index contributed by atoms with van der Waals surface area (Å²) >= 11 is 0. The molecule has 0 aliphatic rings. The van der Waals surface area contributed by atoms with E-state index in [2.05, 4.69) is 5.10 Å². The fourth-order valence-electron chi connectivity index (χ4n) is 3.18. The topological polar surface area (TPSA) is 77.2 Å². The zero-order valence-corrected chi connectivity index (χ0v) is 16.8. The Bertz CT molecular complexity index is 1130. The van der Waals surface area contributed by atoms with Crippen molar-refractivity contribution in [3.8, 4) is 5.69 Å². The third-order valence-electron chi connectivity index (χ3n) is 4.74. The predicted molar refractivity (Wildman–Crippen MR) is 112 cm³/mol. The van der Waals surface area contributed by atoms with Gasteiger partial charge in [0.15, 0.2) is 0 Å². The van der Waals surface area contributed by atoms with Crippen LogP contribution in [0.2, 0.25) is 0 Å². The molecule has 0 N–H and O–H groups in total. The molecule has 150 valence electrons. The highest BCUT2D eigenvalue weighted by atomic mass is 16.2. The van der Waals surface area contributed by atoms with Crippen LogP contribution in [0.4, 0.5) is 0 Å². The molecule has 0 spiro atoms. The SMILES string of the molecule is CCN(CC)C(=O)c1nn(-c2ccccc2)c(=O)n(Cc2cccc(C)c2)c1=O. The van der Waals surface area contributed by atoms with E-state index in [0.717, 1.165) is 20.4 Å². The number of carbonyl (C=O) groups excluding carboxylic acids is 1. The first-order chi connectivity index (χ1) is 14.0. The minimum Gasteiger partial charge on any atom is -0.338 e. The van der Waals surface area contributed by atoms with Gasteiger partial charge in [-0.05, 0) is 38.5 Å². The maximum atomic E-state index is 13.1. The van der Waals surface area contributed by atoms with Crippen molar-refractivity contribution >= 4 is 5.91 Å². The van der Waals surface area contributed by atoms with Gasteiger partial charge in [-0.1, -0.05) is 48.0 Å². The standard InChI is InChI=1S/C22H24N4O3/c1-4-24(5-2)20(27)19-21(28)25(15-17-11-9-10-16(3)14-17)22(29)26(23-19)18-12-7-6-8-13-18/h6-14H,4-5,15H2,1-3H3. The number of amides is 1. The summed E-state index contributed by atoms with van der Waals surface area (Å²) in [5.74, 6) is -0.484. The van der Waals surface area contributed by atoms with Gasteiger partial charge in [0.1, 0.15) is 0 Å². The largest absolute Gasteiger partial charge is 0.352 e. The summed E-state index contributed by atoms with van der Waals surface area (Å²) in [6, 6.07) is 16.3. The van der Waals surface area contributed by atoms with Gasteiger partial charge < -0.3 is 4.90 Å². The molecule has 1 aromatic heterocycles. The Morgan fingerprint density at radius 3 is 2.31 bits per heavy atom. The molecule has 0 saturated heterocycles. The van der Waals surface area contributed by atoms with E-state index in [1.807, 2.05) is 51.1 Å². The van der Waals surface area contributed by atoms with Crippen molar-refractivity contribution < 1.29 is 4.79 Å². The molecule has 0 saturated carbocycles. The first-order valence-electron chi connectivity index (χ1n) is 9.60. The average molecular weight is 392 g/mol. The third kappa shape index (κ3) is 4.18. The number of hydrogen-bond acceptors (Lipinski definition) is 4. The van der Waals surface area contributed by atoms with Crippen LogP contribution in [0.15, 0.2) is 64.2 Å². The maximum Gasteiger partial charge on any atom is 0.352 e. The lowest BCUT2D eigenvalue weighted by atomic mass is 10.1. The van der Waals surface area contributed by atoms with E-state index in [4.69, 9.17) is 0 Å². The molecule has 7 nitrogen and oxygen atoms in total. The highest BCUT2D eigenvalue weighted by Gasteiger charge is 2.23. The van der Waals surface area contributed by atoms with E-state index >= 15 is 0 Å². The summed E-state index contributed by atoms with van der Waals surface area (Å²) in [4.78, 5) is 40.6. The molecule has 3 rings (SSSR count). The molecular formula is C22H24N4O3. The Hall–Kier alpha value is -3.48. The average Bonchev–Trinajstić information content (AvgIpc) is 2.73. The highest BCUT2D eigenvalue weighted by Crippen LogP contribution is 2.07. The zero-order chi connectivity index (χ0) is 21.0. The van der Waals surface area contributed by atoms with Crippen molar-refractivity contribution in [1.29, 1.82) is 0 Å². The molecule has 0 unspecified atom stereocenters. The molecule has 0 bridgehead atoms. The van der Waals surface area contributed by atoms with Crippen LogP contribution < -0.4 is 11.2 Å². The van der Waals surface area contributed by atoms with Crippen LogP contribution in [0.25, 0.3) is 5.69 Å². The van der Waals surface area contributed by atoms with E-state index < -0.39 is 17.2 Å². The fourth-order valence-corrected chi connectivity index (χ4v) is 3.18. The lowest BCUT2D eigenvalue weighted by molar-refractivity contribution is 0.0761. The van der Waals surface area contributed by atoms with E-state index in [1.165, 1.54) is 4.90 Å². The number of aromatic nitrogens is 3. The second-order valence-electron chi connectivity index (χ2n) is 6.74. The second-order valence-corrected chi connectivity index (χ2v) is 6.74. The number of nitrogens with zero attached hydrogens (tertiary/aromatic N) is 4. The van der Waals surface area contributed by atoms with Gasteiger partial charge in [-0.2, -0.15) is 9.78 Å². The summed E-state index contributed by atoms with van der Waals surface area (Å²) in [5.41, 5.74) is 0.789. The molecule has 0 aliphatic heterocycles. The Kier molecular flexibility index (Phi) is 6.07. The Balaban J connectivity index is 2.23. The third-order valence-corrected chi connectivity index (χ3v) is 4.74. The molecule has 2 aromatic carbocycles. The van der Waals surface area contributed by atoms with Crippen LogP contribution in [-0.2, 0) is 6.54 Å². The lowest BCUT2D eigenvalue weighted by Gasteiger charge is -2.19. The van der Waals surface area contributed by atoms with Gasteiger partial charge in [0.05, 0.1) is 12.2 Å². The maximum absolute atomic E-state index is 13.1. The molecule has 1 amide bonds. The molecule has 1 heterocycles. The Morgan fingerprint density at radius 1 is 1.00 bits per heavy atom. The number of benzene rings is 2. The summed E-state index contributed by atoms with van der Waals surface area (Å²) in [7, 11) is 0. The minimum absolute atomic E-state index is 0.0627. The zero-order valence-electron chi connectivity index (χ0n) is 16.8. The van der Waals surface area contributed by atoms with Crippen molar-refractivity contribution in [3.05, 3.63) is 92.3 Å². The smallest absolute Gasteiger partial charge is 0.338 e. The Labute approximate surface area is 168 Å². The summed E-state index contributed by atoms with van der Waals surface area (Å²) < 4.78 is 2.19. The summed E-state index contributed by atoms with van der Waals surface area (Å²) in [5, 5.41) is 4.16. The van der Waals surface area contributed by atoms with Gasteiger partial charge in [0, 0.05) is 13.1 Å². The molecule has 7 heteroatoms. The number of aryl methyl sites for hydroxylation is 1. The van der Waals surface area contributed by atoms with Crippen LogP contribution in [0.1, 0.15) is 35.5 Å². The van der Waals surface area contributed by atoms with Gasteiger partial charge in [-0.25, -0.2) is 4.79 Å². The molecule has 0 radical (unpaired) electrons. The first kappa shape index (κ1) is 20.3. The molecular weight excluding hydrogens is 368 g/mol. The minimum atomic E-state index is -0.680. The van der Waals surface area contributed by atoms with Gasteiger partial charge in [0.25, 0.3) is 11.5 Å². The van der Waals surface area contributed by atoms with Gasteiger partial charge in [-0.15, -0.1) is 0 Å². The van der Waals surface area contributed by atoms with Crippen LogP contribution in [0, 0.1) is 6.92 Å². The van der Waals surface area contributed by atoms with Crippen molar-refractivity contribution in [3.63, 3.8) is 0 Å². The van der Waals surface area contributed by atoms with Crippen molar-refractivity contribution in [2.75, 3.05) is 13.1 Å². The van der Waals surface area contributed by atoms with E-state index in [1.54, 1.807) is 24.3 Å². The van der Waals surface area contributed by atoms with Crippen molar-refractivity contribution in [1.82, 2.24) is 19.2 Å². The predicted octanol–water partition coefficient (Wildman–Crippen LogP) is 2.23. The van der Waals surface area contributed by atoms with Crippen LogP contribution in [-0.4, -0.2) is 38.2 Å². The van der Waals surface area contributed by atoms with Crippen molar-refractivity contribution in [2.24, 2.45) is 0 Å². The highest BCUT2D eigenvalue weighted by molar-refractivity contribution is 5.91. The number of carbonyl (C=O) groups is 1. The van der Waals surface area contributed by atoms with Crippen LogP contribution >= 0.6 is 0 Å². The van der Waals surface area contributed by atoms with Gasteiger partial charge in [-0.3, -0.25) is 14.2 Å². The van der Waals surface area contributed by atoms with E-state index in [0.29, 0.717) is 18.8 Å². The van der Waals surface area contributed by atoms with E-state index in [-0.39, 0.29) is 12.2 Å². The van der Waals surface area contributed by atoms with E-state index in [9.17, 15) is 14.4 Å². The molecule has 29 heavy (non-hydrogen) atoms. The van der Waals surface area contributed by atoms with Gasteiger partial charge >= 0.3 is 5.69 Å². The number of hydrogen-bond donors (Lipinski definition) is 0. The number of rotatable bonds is 6. The monoisotopic (exact) mass is 392 g/mol. The lowest BCUT2D eigenvalue weighted by Crippen LogP contribution is -2.46. The van der Waals surface area contributed by atoms with Crippen LogP contribution in [0.3, 0.4) is 0 Å². The molecule has 3 aromatic rings. The summed E-state index contributed by atoms with van der Waals surface area (Å²) in [6.45, 7) is 6.56. The molecule has 0 atom stereocenters. The number of para-hydroxylation sites is 1. The van der Waals surface area contributed by atoms with Crippen molar-refractivity contribution in [2.45, 2.75) is 27.3 Å². The molecule has 0 aliphatic carbocycles. The quantitative estimate of drug-likeness (QED) is 0.645. The summed E-state index contributed by atoms with van der Waals surface area (Å²) in [6.07, 6.45) is 0. The fraction of sp³-hybridized carbons (Fsp3) is 0.273. The Morgan fingerprint density at radius 2 is 1.69 bits per heavy atom. The normalized spacial score (nSPS) is 10.7. The van der Waals surface area contributed by atoms with Crippen LogP contribution in [0.5, 0.6) is 0 Å². The van der Waals surface area contributed by atoms with Gasteiger partial charge in [0.2, 0.25) is 5.69 Å². The second kappa shape index (κ2) is 8.68. The first-order valence-corrected chi connectivity index (χ1v) is 9.60.